The van der Waals surface area contributed by atoms with Gasteiger partial charge in [-0.25, -0.2) is 4.98 Å². The first kappa shape index (κ1) is 18.3. The van der Waals surface area contributed by atoms with E-state index in [4.69, 9.17) is 4.42 Å². The number of rotatable bonds is 3. The fourth-order valence-corrected chi connectivity index (χ4v) is 4.01. The molecule has 0 radical (unpaired) electrons. The number of fused-ring (bicyclic) bond motifs is 1. The van der Waals surface area contributed by atoms with Crippen molar-refractivity contribution in [1.29, 1.82) is 0 Å². The zero-order valence-corrected chi connectivity index (χ0v) is 16.5. The fourth-order valence-electron chi connectivity index (χ4n) is 4.01. The normalized spacial score (nSPS) is 16.4. The zero-order chi connectivity index (χ0) is 20.7. The molecule has 0 spiro atoms. The van der Waals surface area contributed by atoms with E-state index < -0.39 is 6.04 Å². The summed E-state index contributed by atoms with van der Waals surface area (Å²) in [6, 6.07) is 22.6. The van der Waals surface area contributed by atoms with Gasteiger partial charge in [0.05, 0.1) is 6.54 Å². The number of oxazole rings is 1. The molecule has 1 aliphatic rings. The van der Waals surface area contributed by atoms with Gasteiger partial charge in [0.15, 0.2) is 11.4 Å². The summed E-state index contributed by atoms with van der Waals surface area (Å²) in [5.41, 5.74) is 5.29. The number of amides is 1. The number of aromatic nitrogens is 1. The molecule has 0 bridgehead atoms. The molecule has 1 atom stereocenters. The Morgan fingerprint density at radius 1 is 1.00 bits per heavy atom. The van der Waals surface area contributed by atoms with E-state index in [9.17, 15) is 9.59 Å². The van der Waals surface area contributed by atoms with Gasteiger partial charge < -0.3 is 9.32 Å². The van der Waals surface area contributed by atoms with Gasteiger partial charge in [-0.3, -0.25) is 9.59 Å². The summed E-state index contributed by atoms with van der Waals surface area (Å²) in [6.07, 6.45) is 0.222. The Hall–Kier alpha value is -3.73. The number of likely N-dealkylation sites (tertiary alicyclic amines) is 1. The summed E-state index contributed by atoms with van der Waals surface area (Å²) in [4.78, 5) is 31.5. The molecule has 5 heteroatoms. The highest BCUT2D eigenvalue weighted by atomic mass is 16.4. The number of para-hydroxylation sites is 2. The Balaban J connectivity index is 1.44. The molecule has 148 valence electrons. The van der Waals surface area contributed by atoms with Crippen molar-refractivity contribution < 1.29 is 14.0 Å². The van der Waals surface area contributed by atoms with Gasteiger partial charge in [-0.1, -0.05) is 48.5 Å². The highest BCUT2D eigenvalue weighted by molar-refractivity contribution is 5.99. The molecule has 0 saturated carbocycles. The second-order valence-corrected chi connectivity index (χ2v) is 7.60. The standard InChI is InChI=1S/C25H20N2O3/c1-16-6-2-3-7-20(16)17-10-12-18(13-11-17)25(29)27-15-19(28)14-22(27)24-26-21-8-4-5-9-23(21)30-24/h2-13,22H,14-15H2,1H3/t22-/m0/s1. The Bertz CT molecular complexity index is 1220. The summed E-state index contributed by atoms with van der Waals surface area (Å²) in [5, 5.41) is 0. The van der Waals surface area contributed by atoms with Crippen LogP contribution < -0.4 is 0 Å². The van der Waals surface area contributed by atoms with Crippen LogP contribution in [0.5, 0.6) is 0 Å². The van der Waals surface area contributed by atoms with Crippen molar-refractivity contribution in [2.24, 2.45) is 0 Å². The van der Waals surface area contributed by atoms with Crippen LogP contribution in [0.1, 0.15) is 34.3 Å². The summed E-state index contributed by atoms with van der Waals surface area (Å²) in [7, 11) is 0. The van der Waals surface area contributed by atoms with Crippen LogP contribution in [0.2, 0.25) is 0 Å². The van der Waals surface area contributed by atoms with Crippen LogP contribution in [0.15, 0.2) is 77.2 Å². The monoisotopic (exact) mass is 396 g/mol. The number of aryl methyl sites for hydroxylation is 1. The molecule has 30 heavy (non-hydrogen) atoms. The Kier molecular flexibility index (Phi) is 4.43. The molecule has 5 nitrogen and oxygen atoms in total. The van der Waals surface area contributed by atoms with E-state index in [1.807, 2.05) is 60.7 Å². The third-order valence-electron chi connectivity index (χ3n) is 5.59. The Morgan fingerprint density at radius 2 is 1.73 bits per heavy atom. The van der Waals surface area contributed by atoms with Gasteiger partial charge in [0, 0.05) is 12.0 Å². The molecular weight excluding hydrogens is 376 g/mol. The molecule has 2 heterocycles. The van der Waals surface area contributed by atoms with Gasteiger partial charge in [0.25, 0.3) is 5.91 Å². The molecule has 1 aromatic heterocycles. The summed E-state index contributed by atoms with van der Waals surface area (Å²) < 4.78 is 5.85. The highest BCUT2D eigenvalue weighted by Gasteiger charge is 2.38. The van der Waals surface area contributed by atoms with E-state index in [1.165, 1.54) is 5.56 Å². The minimum Gasteiger partial charge on any atom is -0.438 e. The maximum absolute atomic E-state index is 13.2. The third-order valence-corrected chi connectivity index (χ3v) is 5.59. The number of ketones is 1. The van der Waals surface area contributed by atoms with Crippen molar-refractivity contribution in [3.8, 4) is 11.1 Å². The SMILES string of the molecule is Cc1ccccc1-c1ccc(C(=O)N2CC(=O)C[C@H]2c2nc3ccccc3o2)cc1. The summed E-state index contributed by atoms with van der Waals surface area (Å²) in [6.45, 7) is 2.14. The van der Waals surface area contributed by atoms with E-state index in [0.717, 1.165) is 16.6 Å². The summed E-state index contributed by atoms with van der Waals surface area (Å²) in [5.74, 6) is 0.225. The highest BCUT2D eigenvalue weighted by Crippen LogP contribution is 2.33. The Morgan fingerprint density at radius 3 is 2.50 bits per heavy atom. The molecule has 5 rings (SSSR count). The molecule has 1 fully saturated rings. The smallest absolute Gasteiger partial charge is 0.254 e. The molecule has 1 saturated heterocycles. The first-order valence-electron chi connectivity index (χ1n) is 9.94. The van der Waals surface area contributed by atoms with Crippen LogP contribution >= 0.6 is 0 Å². The molecule has 0 aliphatic carbocycles. The van der Waals surface area contributed by atoms with Crippen LogP contribution in [-0.4, -0.2) is 28.1 Å². The predicted octanol–water partition coefficient (Wildman–Crippen LogP) is 4.96. The van der Waals surface area contributed by atoms with Crippen LogP contribution in [0.3, 0.4) is 0 Å². The van der Waals surface area contributed by atoms with E-state index in [1.54, 1.807) is 4.90 Å². The number of hydrogen-bond acceptors (Lipinski definition) is 4. The van der Waals surface area contributed by atoms with Crippen molar-refractivity contribution in [2.75, 3.05) is 6.54 Å². The number of hydrogen-bond donors (Lipinski definition) is 0. The quantitative estimate of drug-likeness (QED) is 0.491. The summed E-state index contributed by atoms with van der Waals surface area (Å²) >= 11 is 0. The third kappa shape index (κ3) is 3.18. The molecular formula is C25H20N2O3. The average molecular weight is 396 g/mol. The molecule has 1 amide bonds. The second kappa shape index (κ2) is 7.26. The average Bonchev–Trinajstić information content (AvgIpc) is 3.37. The maximum Gasteiger partial charge on any atom is 0.254 e. The van der Waals surface area contributed by atoms with Gasteiger partial charge in [0.1, 0.15) is 11.6 Å². The topological polar surface area (TPSA) is 63.4 Å². The predicted molar refractivity (Wildman–Crippen MR) is 114 cm³/mol. The molecule has 4 aromatic rings. The zero-order valence-electron chi connectivity index (χ0n) is 16.5. The molecule has 0 N–H and O–H groups in total. The van der Waals surface area contributed by atoms with E-state index in [-0.39, 0.29) is 24.7 Å². The van der Waals surface area contributed by atoms with Crippen molar-refractivity contribution in [2.45, 2.75) is 19.4 Å². The molecule has 1 aliphatic heterocycles. The van der Waals surface area contributed by atoms with Crippen LogP contribution in [-0.2, 0) is 4.79 Å². The fraction of sp³-hybridized carbons (Fsp3) is 0.160. The molecule has 3 aromatic carbocycles. The number of benzene rings is 3. The lowest BCUT2D eigenvalue weighted by molar-refractivity contribution is -0.116. The first-order chi connectivity index (χ1) is 14.6. The van der Waals surface area contributed by atoms with Gasteiger partial charge >= 0.3 is 0 Å². The van der Waals surface area contributed by atoms with Gasteiger partial charge in [0.2, 0.25) is 5.89 Å². The van der Waals surface area contributed by atoms with Crippen molar-refractivity contribution in [3.63, 3.8) is 0 Å². The van der Waals surface area contributed by atoms with Crippen LogP contribution in [0.4, 0.5) is 0 Å². The first-order valence-corrected chi connectivity index (χ1v) is 9.94. The van der Waals surface area contributed by atoms with E-state index in [0.29, 0.717) is 17.0 Å². The van der Waals surface area contributed by atoms with E-state index >= 15 is 0 Å². The lowest BCUT2D eigenvalue weighted by atomic mass is 9.99. The number of carbonyl (C=O) groups is 2. The number of Topliss-reactive ketones (excluding diaryl/α,β-unsaturated/α-hetero) is 1. The second-order valence-electron chi connectivity index (χ2n) is 7.60. The van der Waals surface area contributed by atoms with Crippen LogP contribution in [0, 0.1) is 6.92 Å². The Labute approximate surface area is 174 Å². The van der Waals surface area contributed by atoms with Crippen LogP contribution in [0.25, 0.3) is 22.2 Å². The number of nitrogens with zero attached hydrogens (tertiary/aromatic N) is 2. The van der Waals surface area contributed by atoms with E-state index in [2.05, 4.69) is 24.0 Å². The van der Waals surface area contributed by atoms with Crippen molar-refractivity contribution >= 4 is 22.8 Å². The largest absolute Gasteiger partial charge is 0.438 e. The van der Waals surface area contributed by atoms with Crippen molar-refractivity contribution in [1.82, 2.24) is 9.88 Å². The van der Waals surface area contributed by atoms with Gasteiger partial charge in [-0.15, -0.1) is 0 Å². The van der Waals surface area contributed by atoms with Gasteiger partial charge in [-0.2, -0.15) is 0 Å². The van der Waals surface area contributed by atoms with Crippen molar-refractivity contribution in [3.05, 3.63) is 89.8 Å². The lowest BCUT2D eigenvalue weighted by Gasteiger charge is -2.21. The van der Waals surface area contributed by atoms with Gasteiger partial charge in [-0.05, 0) is 47.9 Å². The lowest BCUT2D eigenvalue weighted by Crippen LogP contribution is -2.31. The minimum absolute atomic E-state index is 0.00661. The minimum atomic E-state index is -0.478. The number of carbonyl (C=O) groups excluding carboxylic acids is 2. The molecule has 0 unspecified atom stereocenters. The maximum atomic E-state index is 13.2.